The fourth-order valence-electron chi connectivity index (χ4n) is 6.55. The van der Waals surface area contributed by atoms with Crippen LogP contribution in [0.4, 0.5) is 0 Å². The van der Waals surface area contributed by atoms with Gasteiger partial charge in [0, 0.05) is 36.7 Å². The van der Waals surface area contributed by atoms with Crippen molar-refractivity contribution in [3.05, 3.63) is 102 Å². The van der Waals surface area contributed by atoms with Gasteiger partial charge in [0.05, 0.1) is 0 Å². The predicted molar refractivity (Wildman–Crippen MR) is 163 cm³/mol. The third-order valence-electron chi connectivity index (χ3n) is 9.02. The second-order valence-corrected chi connectivity index (χ2v) is 11.9. The van der Waals surface area contributed by atoms with Gasteiger partial charge in [-0.3, -0.25) is 9.69 Å². The van der Waals surface area contributed by atoms with Crippen LogP contribution >= 0.6 is 0 Å². The Balaban J connectivity index is 1.20. The molecular weight excluding hydrogens is 494 g/mol. The molecule has 0 radical (unpaired) electrons. The molecule has 0 spiro atoms. The topological polar surface area (TPSA) is 44.8 Å². The molecule has 2 fully saturated rings. The lowest BCUT2D eigenvalue weighted by Gasteiger charge is -2.43. The van der Waals surface area contributed by atoms with E-state index in [1.165, 1.54) is 30.4 Å². The van der Waals surface area contributed by atoms with Crippen molar-refractivity contribution >= 4 is 5.91 Å². The molecule has 2 aliphatic rings. The lowest BCUT2D eigenvalue weighted by molar-refractivity contribution is 0.0794. The molecule has 1 aliphatic heterocycles. The minimum Gasteiger partial charge on any atom is -0.489 e. The van der Waals surface area contributed by atoms with Crippen LogP contribution in [-0.2, 0) is 0 Å². The minimum absolute atomic E-state index is 0.0175. The summed E-state index contributed by atoms with van der Waals surface area (Å²) in [6, 6.07) is 29.4. The van der Waals surface area contributed by atoms with Crippen LogP contribution in [0.25, 0.3) is 0 Å². The molecule has 1 aliphatic carbocycles. The number of piperidine rings is 1. The molecule has 5 heteroatoms. The lowest BCUT2D eigenvalue weighted by Crippen LogP contribution is -2.53. The second kappa shape index (κ2) is 13.5. The first-order valence-electron chi connectivity index (χ1n) is 15.1. The van der Waals surface area contributed by atoms with Gasteiger partial charge in [-0.1, -0.05) is 86.0 Å². The van der Waals surface area contributed by atoms with E-state index in [1.54, 1.807) is 0 Å². The van der Waals surface area contributed by atoms with Gasteiger partial charge in [-0.2, -0.15) is 0 Å². The zero-order valence-corrected chi connectivity index (χ0v) is 24.2. The molecule has 0 bridgehead atoms. The van der Waals surface area contributed by atoms with Crippen molar-refractivity contribution in [3.8, 4) is 5.75 Å². The average Bonchev–Trinajstić information content (AvgIpc) is 3.00. The Hall–Kier alpha value is -3.15. The van der Waals surface area contributed by atoms with Gasteiger partial charge in [0.2, 0.25) is 0 Å². The number of amides is 1. The zero-order chi connectivity index (χ0) is 27.8. The first-order chi connectivity index (χ1) is 19.5. The Bertz CT molecular complexity index is 1170. The van der Waals surface area contributed by atoms with Crippen LogP contribution in [0, 0.1) is 0 Å². The Morgan fingerprint density at radius 2 is 1.60 bits per heavy atom. The smallest absolute Gasteiger partial charge is 0.251 e. The summed E-state index contributed by atoms with van der Waals surface area (Å²) < 4.78 is 6.49. The molecule has 0 aromatic heterocycles. The van der Waals surface area contributed by atoms with E-state index < -0.39 is 0 Å². The summed E-state index contributed by atoms with van der Waals surface area (Å²) in [5.41, 5.74) is 3.42. The zero-order valence-electron chi connectivity index (χ0n) is 24.2. The predicted octanol–water partition coefficient (Wildman–Crippen LogP) is 6.36. The first-order valence-corrected chi connectivity index (χ1v) is 15.1. The molecule has 5 rings (SSSR count). The van der Waals surface area contributed by atoms with E-state index in [4.69, 9.17) is 4.74 Å². The number of carbonyl (C=O) groups is 1. The number of carbonyl (C=O) groups excluding carboxylic acids is 1. The summed E-state index contributed by atoms with van der Waals surface area (Å²) in [6.07, 6.45) is 8.27. The molecule has 1 saturated heterocycles. The van der Waals surface area contributed by atoms with Gasteiger partial charge in [0.15, 0.2) is 0 Å². The number of nitrogens with one attached hydrogen (secondary N) is 1. The van der Waals surface area contributed by atoms with Crippen LogP contribution in [0.3, 0.4) is 0 Å². The Morgan fingerprint density at radius 3 is 2.25 bits per heavy atom. The van der Waals surface area contributed by atoms with E-state index in [9.17, 15) is 4.79 Å². The third kappa shape index (κ3) is 7.13. The maximum Gasteiger partial charge on any atom is 0.251 e. The van der Waals surface area contributed by atoms with E-state index in [2.05, 4.69) is 89.9 Å². The summed E-state index contributed by atoms with van der Waals surface area (Å²) in [4.78, 5) is 18.0. The van der Waals surface area contributed by atoms with Crippen molar-refractivity contribution in [2.75, 3.05) is 40.3 Å². The molecule has 1 atom stereocenters. The van der Waals surface area contributed by atoms with Gasteiger partial charge in [-0.05, 0) is 75.6 Å². The van der Waals surface area contributed by atoms with Crippen molar-refractivity contribution in [3.63, 3.8) is 0 Å². The number of benzene rings is 3. The summed E-state index contributed by atoms with van der Waals surface area (Å²) in [6.45, 7) is 3.61. The third-order valence-corrected chi connectivity index (χ3v) is 9.02. The normalized spacial score (nSPS) is 19.4. The van der Waals surface area contributed by atoms with Crippen LogP contribution < -0.4 is 10.1 Å². The van der Waals surface area contributed by atoms with E-state index in [0.29, 0.717) is 18.0 Å². The highest BCUT2D eigenvalue weighted by Gasteiger charge is 2.34. The van der Waals surface area contributed by atoms with Crippen LogP contribution in [0.15, 0.2) is 84.9 Å². The largest absolute Gasteiger partial charge is 0.489 e. The molecule has 3 aromatic carbocycles. The van der Waals surface area contributed by atoms with Crippen LogP contribution in [0.2, 0.25) is 0 Å². The highest BCUT2D eigenvalue weighted by atomic mass is 16.5. The number of hydrogen-bond acceptors (Lipinski definition) is 4. The van der Waals surface area contributed by atoms with Gasteiger partial charge in [-0.15, -0.1) is 0 Å². The monoisotopic (exact) mass is 539 g/mol. The van der Waals surface area contributed by atoms with Gasteiger partial charge < -0.3 is 15.0 Å². The van der Waals surface area contributed by atoms with E-state index in [-0.39, 0.29) is 17.6 Å². The number of hydrogen-bond donors (Lipinski definition) is 1. The van der Waals surface area contributed by atoms with Gasteiger partial charge >= 0.3 is 0 Å². The summed E-state index contributed by atoms with van der Waals surface area (Å²) in [5.74, 6) is 1.08. The van der Waals surface area contributed by atoms with Crippen molar-refractivity contribution in [2.45, 2.75) is 62.5 Å². The van der Waals surface area contributed by atoms with Crippen molar-refractivity contribution in [1.82, 2.24) is 15.1 Å². The summed E-state index contributed by atoms with van der Waals surface area (Å²) in [5, 5.41) is 3.24. The number of likely N-dealkylation sites (N-methyl/N-ethyl adjacent to an activating group) is 1. The Labute approximate surface area is 240 Å². The molecule has 1 unspecified atom stereocenters. The SMILES string of the molecule is CN(C)C1(CNC(=O)c2cccc(OC3CCCN(CC(c4ccccc4)c4ccccc4)C3)c2)CCCCC1. The Morgan fingerprint density at radius 1 is 0.925 bits per heavy atom. The van der Waals surface area contributed by atoms with E-state index in [1.807, 2.05) is 24.3 Å². The highest BCUT2D eigenvalue weighted by molar-refractivity contribution is 5.94. The van der Waals surface area contributed by atoms with Crippen molar-refractivity contribution in [2.24, 2.45) is 0 Å². The highest BCUT2D eigenvalue weighted by Crippen LogP contribution is 2.32. The average molecular weight is 540 g/mol. The van der Waals surface area contributed by atoms with Crippen molar-refractivity contribution < 1.29 is 9.53 Å². The maximum absolute atomic E-state index is 13.1. The molecule has 3 aromatic rings. The fourth-order valence-corrected chi connectivity index (χ4v) is 6.55. The van der Waals surface area contributed by atoms with E-state index in [0.717, 1.165) is 51.1 Å². The molecule has 212 valence electrons. The number of likely N-dealkylation sites (tertiary alicyclic amines) is 1. The second-order valence-electron chi connectivity index (χ2n) is 11.9. The summed E-state index contributed by atoms with van der Waals surface area (Å²) in [7, 11) is 4.28. The van der Waals surface area contributed by atoms with Gasteiger partial charge in [0.1, 0.15) is 11.9 Å². The molecule has 40 heavy (non-hydrogen) atoms. The first kappa shape index (κ1) is 28.4. The molecule has 5 nitrogen and oxygen atoms in total. The molecule has 1 N–H and O–H groups in total. The quantitative estimate of drug-likeness (QED) is 0.326. The lowest BCUT2D eigenvalue weighted by atomic mass is 9.80. The number of rotatable bonds is 10. The molecule has 1 heterocycles. The molecular formula is C35H45N3O2. The van der Waals surface area contributed by atoms with Crippen LogP contribution in [0.1, 0.15) is 72.3 Å². The van der Waals surface area contributed by atoms with Crippen LogP contribution in [0.5, 0.6) is 5.75 Å². The number of nitrogens with zero attached hydrogens (tertiary/aromatic N) is 2. The van der Waals surface area contributed by atoms with Gasteiger partial charge in [-0.25, -0.2) is 0 Å². The standard InChI is InChI=1S/C35H45N3O2/c1-37(2)35(21-10-5-11-22-35)27-36-34(39)30-18-12-19-31(24-30)40-32-20-13-23-38(25-32)26-33(28-14-6-3-7-15-28)29-16-8-4-9-17-29/h3-4,6-9,12,14-19,24,32-33H,5,10-11,13,20-23,25-27H2,1-2H3,(H,36,39). The number of ether oxygens (including phenoxy) is 1. The van der Waals surface area contributed by atoms with Crippen LogP contribution in [-0.4, -0.2) is 67.6 Å². The molecule has 1 amide bonds. The fraction of sp³-hybridized carbons (Fsp3) is 0.457. The Kier molecular flexibility index (Phi) is 9.56. The maximum atomic E-state index is 13.1. The van der Waals surface area contributed by atoms with E-state index >= 15 is 0 Å². The molecule has 1 saturated carbocycles. The minimum atomic E-state index is -0.0175. The van der Waals surface area contributed by atoms with Gasteiger partial charge in [0.25, 0.3) is 5.91 Å². The van der Waals surface area contributed by atoms with Crippen molar-refractivity contribution in [1.29, 1.82) is 0 Å². The summed E-state index contributed by atoms with van der Waals surface area (Å²) >= 11 is 0.